The number of ether oxygens (including phenoxy) is 1. The zero-order valence-corrected chi connectivity index (χ0v) is 21.0. The number of hydrogen-bond donors (Lipinski definition) is 3. The lowest BCUT2D eigenvalue weighted by molar-refractivity contribution is -0.117. The molecule has 0 atom stereocenters. The lowest BCUT2D eigenvalue weighted by Gasteiger charge is -2.14. The van der Waals surface area contributed by atoms with Crippen molar-refractivity contribution >= 4 is 39.9 Å². The van der Waals surface area contributed by atoms with Crippen LogP contribution in [0.25, 0.3) is 33.3 Å². The molecule has 0 bridgehead atoms. The topological polar surface area (TPSA) is 135 Å². The molecule has 4 aromatic rings. The fourth-order valence-electron chi connectivity index (χ4n) is 4.64. The van der Waals surface area contributed by atoms with Gasteiger partial charge in [0.2, 0.25) is 11.8 Å². The first-order valence-electron chi connectivity index (χ1n) is 12.1. The highest BCUT2D eigenvalue weighted by atomic mass is 16.5. The summed E-state index contributed by atoms with van der Waals surface area (Å²) in [4.78, 5) is 28.4. The van der Waals surface area contributed by atoms with E-state index in [1.54, 1.807) is 19.2 Å². The Balaban J connectivity index is 1.71. The molecule has 1 aliphatic rings. The van der Waals surface area contributed by atoms with Gasteiger partial charge in [0.15, 0.2) is 0 Å². The van der Waals surface area contributed by atoms with Crippen LogP contribution in [0, 0.1) is 17.2 Å². The van der Waals surface area contributed by atoms with Crippen molar-refractivity contribution in [3.8, 4) is 34.2 Å². The number of rotatable bonds is 7. The maximum atomic E-state index is 12.4. The van der Waals surface area contributed by atoms with E-state index in [0.717, 1.165) is 35.2 Å². The summed E-state index contributed by atoms with van der Waals surface area (Å²) in [6.45, 7) is 3.48. The summed E-state index contributed by atoms with van der Waals surface area (Å²) in [5.74, 6) is 0.526. The highest BCUT2D eigenvalue weighted by Gasteiger charge is 2.30. The molecule has 4 N–H and O–H groups in total. The third-order valence-corrected chi connectivity index (χ3v) is 6.67. The zero-order chi connectivity index (χ0) is 27.0. The summed E-state index contributed by atoms with van der Waals surface area (Å²) in [6.07, 6.45) is 4.47. The van der Waals surface area contributed by atoms with Crippen LogP contribution in [0.2, 0.25) is 0 Å². The molecule has 5 rings (SSSR count). The van der Waals surface area contributed by atoms with Crippen molar-refractivity contribution in [3.05, 3.63) is 66.9 Å². The van der Waals surface area contributed by atoms with Crippen molar-refractivity contribution in [2.75, 3.05) is 23.5 Å². The standard InChI is InChI=1S/C29H26N6O3/c1-4-23(36)33-20-10-7-16(8-11-20)26-24(25-27(35(26)2)19(14-30)15-32-28(25)31)18-9-12-21(22(13-18)38-3)34-29(37)17-5-6-17/h4,7-13,15,17H,1,5-6H2,2-3H3,(H2,31,32)(H,33,36)(H,34,37). The molecule has 1 aliphatic carbocycles. The highest BCUT2D eigenvalue weighted by Crippen LogP contribution is 2.45. The number of nitrogens with one attached hydrogen (secondary N) is 2. The number of hydrogen-bond acceptors (Lipinski definition) is 6. The van der Waals surface area contributed by atoms with Crippen molar-refractivity contribution in [1.82, 2.24) is 9.55 Å². The van der Waals surface area contributed by atoms with E-state index in [1.165, 1.54) is 12.3 Å². The molecule has 0 aliphatic heterocycles. The second kappa shape index (κ2) is 9.75. The molecule has 0 spiro atoms. The summed E-state index contributed by atoms with van der Waals surface area (Å²) in [7, 11) is 3.42. The molecule has 9 heteroatoms. The predicted molar refractivity (Wildman–Crippen MR) is 147 cm³/mol. The van der Waals surface area contributed by atoms with Crippen LogP contribution in [-0.4, -0.2) is 28.5 Å². The summed E-state index contributed by atoms with van der Waals surface area (Å²) in [5.41, 5.74) is 11.8. The van der Waals surface area contributed by atoms with E-state index in [2.05, 4.69) is 28.3 Å². The molecular weight excluding hydrogens is 480 g/mol. The van der Waals surface area contributed by atoms with Crippen LogP contribution in [0.1, 0.15) is 18.4 Å². The van der Waals surface area contributed by atoms with Gasteiger partial charge in [-0.25, -0.2) is 4.98 Å². The van der Waals surface area contributed by atoms with E-state index in [1.807, 2.05) is 41.9 Å². The lowest BCUT2D eigenvalue weighted by Crippen LogP contribution is -2.14. The van der Waals surface area contributed by atoms with E-state index in [4.69, 9.17) is 10.5 Å². The van der Waals surface area contributed by atoms with Crippen LogP contribution < -0.4 is 21.1 Å². The van der Waals surface area contributed by atoms with Gasteiger partial charge in [-0.15, -0.1) is 0 Å². The number of benzene rings is 2. The minimum atomic E-state index is -0.304. The normalized spacial score (nSPS) is 12.6. The molecule has 0 unspecified atom stereocenters. The number of aryl methyl sites for hydroxylation is 1. The van der Waals surface area contributed by atoms with Crippen molar-refractivity contribution in [3.63, 3.8) is 0 Å². The number of carbonyl (C=O) groups is 2. The maximum Gasteiger partial charge on any atom is 0.247 e. The molecule has 1 saturated carbocycles. The van der Waals surface area contributed by atoms with Crippen LogP contribution >= 0.6 is 0 Å². The SMILES string of the molecule is C=CC(=O)Nc1ccc(-c2c(-c3ccc(NC(=O)C4CC4)c(OC)c3)c3c(N)ncc(C#N)c3n2C)cc1. The third kappa shape index (κ3) is 4.33. The largest absolute Gasteiger partial charge is 0.495 e. The van der Waals surface area contributed by atoms with Gasteiger partial charge in [-0.3, -0.25) is 9.59 Å². The second-order valence-corrected chi connectivity index (χ2v) is 9.12. The monoisotopic (exact) mass is 506 g/mol. The fraction of sp³-hybridized carbons (Fsp3) is 0.172. The first-order chi connectivity index (χ1) is 18.4. The van der Waals surface area contributed by atoms with Crippen molar-refractivity contribution < 1.29 is 14.3 Å². The first kappa shape index (κ1) is 24.6. The van der Waals surface area contributed by atoms with Crippen molar-refractivity contribution in [2.45, 2.75) is 12.8 Å². The van der Waals surface area contributed by atoms with Crippen LogP contribution in [0.5, 0.6) is 5.75 Å². The van der Waals surface area contributed by atoms with Gasteiger partial charge in [0.25, 0.3) is 0 Å². The third-order valence-electron chi connectivity index (χ3n) is 6.67. The van der Waals surface area contributed by atoms with Crippen molar-refractivity contribution in [2.24, 2.45) is 13.0 Å². The molecule has 2 heterocycles. The van der Waals surface area contributed by atoms with E-state index in [0.29, 0.717) is 33.6 Å². The van der Waals surface area contributed by atoms with E-state index < -0.39 is 0 Å². The molecule has 2 aromatic heterocycles. The molecule has 2 aromatic carbocycles. The Labute approximate surface area is 219 Å². The molecule has 38 heavy (non-hydrogen) atoms. The Morgan fingerprint density at radius 1 is 1.18 bits per heavy atom. The van der Waals surface area contributed by atoms with Gasteiger partial charge < -0.3 is 25.7 Å². The van der Waals surface area contributed by atoms with Gasteiger partial charge in [0.05, 0.1) is 35.0 Å². The quantitative estimate of drug-likeness (QED) is 0.307. The van der Waals surface area contributed by atoms with Crippen LogP contribution in [-0.2, 0) is 16.6 Å². The molecule has 190 valence electrons. The van der Waals surface area contributed by atoms with E-state index in [9.17, 15) is 14.9 Å². The van der Waals surface area contributed by atoms with Crippen LogP contribution in [0.3, 0.4) is 0 Å². The summed E-state index contributed by atoms with van der Waals surface area (Å²) < 4.78 is 7.57. The number of nitrogens with two attached hydrogens (primary N) is 1. The molecule has 9 nitrogen and oxygen atoms in total. The Morgan fingerprint density at radius 3 is 2.53 bits per heavy atom. The molecular formula is C29H26N6O3. The summed E-state index contributed by atoms with van der Waals surface area (Å²) in [5, 5.41) is 16.2. The Hall–Kier alpha value is -5.10. The number of fused-ring (bicyclic) bond motifs is 1. The second-order valence-electron chi connectivity index (χ2n) is 9.12. The number of aromatic nitrogens is 2. The van der Waals surface area contributed by atoms with Gasteiger partial charge in [-0.05, 0) is 54.3 Å². The molecule has 1 fully saturated rings. The summed E-state index contributed by atoms with van der Waals surface area (Å²) in [6, 6.07) is 15.1. The number of pyridine rings is 1. The number of nitrogen functional groups attached to an aromatic ring is 1. The van der Waals surface area contributed by atoms with Crippen molar-refractivity contribution in [1.29, 1.82) is 5.26 Å². The average molecular weight is 507 g/mol. The predicted octanol–water partition coefficient (Wildman–Crippen LogP) is 4.84. The summed E-state index contributed by atoms with van der Waals surface area (Å²) >= 11 is 0. The highest BCUT2D eigenvalue weighted by molar-refractivity contribution is 6.11. The van der Waals surface area contributed by atoms with Gasteiger partial charge in [0, 0.05) is 30.4 Å². The number of carbonyl (C=O) groups excluding carboxylic acids is 2. The fourth-order valence-corrected chi connectivity index (χ4v) is 4.64. The Kier molecular flexibility index (Phi) is 6.31. The average Bonchev–Trinajstić information content (AvgIpc) is 3.74. The smallest absolute Gasteiger partial charge is 0.247 e. The number of methoxy groups -OCH3 is 1. The zero-order valence-electron chi connectivity index (χ0n) is 21.0. The van der Waals surface area contributed by atoms with Gasteiger partial charge >= 0.3 is 0 Å². The number of anilines is 3. The molecule has 0 radical (unpaired) electrons. The van der Waals surface area contributed by atoms with Gasteiger partial charge in [-0.1, -0.05) is 24.8 Å². The number of amides is 2. The van der Waals surface area contributed by atoms with E-state index in [-0.39, 0.29) is 23.6 Å². The van der Waals surface area contributed by atoms with Crippen LogP contribution in [0.4, 0.5) is 17.2 Å². The van der Waals surface area contributed by atoms with Crippen LogP contribution in [0.15, 0.2) is 61.3 Å². The maximum absolute atomic E-state index is 12.4. The first-order valence-corrected chi connectivity index (χ1v) is 12.1. The molecule has 0 saturated heterocycles. The Morgan fingerprint density at radius 2 is 1.89 bits per heavy atom. The minimum Gasteiger partial charge on any atom is -0.495 e. The van der Waals surface area contributed by atoms with E-state index >= 15 is 0 Å². The minimum absolute atomic E-state index is 0.0161. The molecule has 2 amide bonds. The lowest BCUT2D eigenvalue weighted by atomic mass is 9.97. The Bertz CT molecular complexity index is 1640. The van der Waals surface area contributed by atoms with Gasteiger partial charge in [0.1, 0.15) is 17.6 Å². The number of nitriles is 1. The van der Waals surface area contributed by atoms with Gasteiger partial charge in [-0.2, -0.15) is 5.26 Å². The number of nitrogens with zero attached hydrogens (tertiary/aromatic N) is 3.